The highest BCUT2D eigenvalue weighted by molar-refractivity contribution is 6.30. The normalized spacial score (nSPS) is 16.9. The first kappa shape index (κ1) is 16.3. The Hall–Kier alpha value is -1.10. The van der Waals surface area contributed by atoms with Crippen molar-refractivity contribution in [2.24, 2.45) is 0 Å². The molecule has 1 aliphatic heterocycles. The van der Waals surface area contributed by atoms with Crippen LogP contribution in [0.5, 0.6) is 5.75 Å². The van der Waals surface area contributed by atoms with Crippen molar-refractivity contribution < 1.29 is 9.53 Å². The molecule has 1 aliphatic rings. The molecule has 0 N–H and O–H groups in total. The maximum atomic E-state index is 11.0. The fourth-order valence-electron chi connectivity index (χ4n) is 2.43. The summed E-state index contributed by atoms with van der Waals surface area (Å²) in [6.45, 7) is 6.39. The Morgan fingerprint density at radius 1 is 1.24 bits per heavy atom. The lowest BCUT2D eigenvalue weighted by atomic mass is 10.2. The number of carbonyl (C=O) groups is 1. The molecule has 0 unspecified atom stereocenters. The number of hydrogen-bond donors (Lipinski definition) is 0. The summed E-state index contributed by atoms with van der Waals surface area (Å²) in [7, 11) is 2.17. The Bertz CT molecular complexity index is 460. The standard InChI is InChI=1S/C16H23ClN2O2/c1-18-7-9-19(10-8-18)6-2-3-11-21-16-5-4-15(17)12-14(16)13-20/h4-5,12-13H,2-3,6-11H2,1H3. The molecule has 1 aromatic carbocycles. The summed E-state index contributed by atoms with van der Waals surface area (Å²) in [4.78, 5) is 15.8. The van der Waals surface area contributed by atoms with E-state index < -0.39 is 0 Å². The molecule has 1 fully saturated rings. The van der Waals surface area contributed by atoms with Gasteiger partial charge in [-0.05, 0) is 44.6 Å². The van der Waals surface area contributed by atoms with Crippen molar-refractivity contribution in [3.8, 4) is 5.75 Å². The molecular formula is C16H23ClN2O2. The topological polar surface area (TPSA) is 32.8 Å². The number of benzene rings is 1. The molecule has 21 heavy (non-hydrogen) atoms. The highest BCUT2D eigenvalue weighted by atomic mass is 35.5. The van der Waals surface area contributed by atoms with Gasteiger partial charge in [-0.2, -0.15) is 0 Å². The minimum atomic E-state index is 0.515. The van der Waals surface area contributed by atoms with Crippen molar-refractivity contribution in [1.29, 1.82) is 0 Å². The molecule has 1 heterocycles. The van der Waals surface area contributed by atoms with Gasteiger partial charge in [0.15, 0.2) is 6.29 Å². The molecule has 0 aromatic heterocycles. The van der Waals surface area contributed by atoms with Crippen molar-refractivity contribution in [2.75, 3.05) is 46.4 Å². The molecule has 0 bridgehead atoms. The van der Waals surface area contributed by atoms with E-state index in [-0.39, 0.29) is 0 Å². The Kier molecular flexibility index (Phi) is 6.49. The van der Waals surface area contributed by atoms with Crippen LogP contribution in [0.3, 0.4) is 0 Å². The zero-order valence-electron chi connectivity index (χ0n) is 12.6. The van der Waals surface area contributed by atoms with Gasteiger partial charge in [0.2, 0.25) is 0 Å². The number of aldehydes is 1. The molecule has 0 atom stereocenters. The maximum Gasteiger partial charge on any atom is 0.153 e. The molecule has 116 valence electrons. The lowest BCUT2D eigenvalue weighted by Crippen LogP contribution is -2.44. The zero-order chi connectivity index (χ0) is 15.1. The number of hydrogen-bond acceptors (Lipinski definition) is 4. The van der Waals surface area contributed by atoms with E-state index in [0.717, 1.165) is 51.9 Å². The van der Waals surface area contributed by atoms with Crippen LogP contribution in [-0.4, -0.2) is 62.5 Å². The highest BCUT2D eigenvalue weighted by Crippen LogP contribution is 2.21. The van der Waals surface area contributed by atoms with E-state index in [4.69, 9.17) is 16.3 Å². The first-order chi connectivity index (χ1) is 10.2. The summed E-state index contributed by atoms with van der Waals surface area (Å²) >= 11 is 5.85. The molecule has 4 nitrogen and oxygen atoms in total. The van der Waals surface area contributed by atoms with Crippen molar-refractivity contribution in [1.82, 2.24) is 9.80 Å². The Morgan fingerprint density at radius 2 is 2.00 bits per heavy atom. The first-order valence-electron chi connectivity index (χ1n) is 7.47. The number of rotatable bonds is 7. The second-order valence-corrected chi connectivity index (χ2v) is 5.94. The number of halogens is 1. The van der Waals surface area contributed by atoms with E-state index in [0.29, 0.717) is 22.9 Å². The van der Waals surface area contributed by atoms with Crippen molar-refractivity contribution in [3.05, 3.63) is 28.8 Å². The molecule has 5 heteroatoms. The van der Waals surface area contributed by atoms with Crippen molar-refractivity contribution in [3.63, 3.8) is 0 Å². The van der Waals surface area contributed by atoms with Crippen LogP contribution in [0, 0.1) is 0 Å². The average Bonchev–Trinajstić information content (AvgIpc) is 2.50. The van der Waals surface area contributed by atoms with Gasteiger partial charge in [-0.15, -0.1) is 0 Å². The maximum absolute atomic E-state index is 11.0. The van der Waals surface area contributed by atoms with Gasteiger partial charge >= 0.3 is 0 Å². The minimum Gasteiger partial charge on any atom is -0.493 e. The molecule has 0 amide bonds. The van der Waals surface area contributed by atoms with Gasteiger partial charge in [0.05, 0.1) is 12.2 Å². The molecule has 2 rings (SSSR count). The summed E-state index contributed by atoms with van der Waals surface area (Å²) in [6, 6.07) is 5.13. The second-order valence-electron chi connectivity index (χ2n) is 5.50. The van der Waals surface area contributed by atoms with E-state index in [1.54, 1.807) is 18.2 Å². The van der Waals surface area contributed by atoms with Crippen LogP contribution in [0.15, 0.2) is 18.2 Å². The number of nitrogens with zero attached hydrogens (tertiary/aromatic N) is 2. The van der Waals surface area contributed by atoms with Crippen LogP contribution in [0.25, 0.3) is 0 Å². The molecule has 1 aromatic rings. The predicted molar refractivity (Wildman–Crippen MR) is 85.5 cm³/mol. The second kappa shape index (κ2) is 8.37. The molecular weight excluding hydrogens is 288 g/mol. The van der Waals surface area contributed by atoms with Gasteiger partial charge in [-0.1, -0.05) is 11.6 Å². The fourth-order valence-corrected chi connectivity index (χ4v) is 2.61. The quantitative estimate of drug-likeness (QED) is 0.572. The van der Waals surface area contributed by atoms with Gasteiger partial charge in [0, 0.05) is 31.2 Å². The van der Waals surface area contributed by atoms with Gasteiger partial charge in [0.25, 0.3) is 0 Å². The smallest absolute Gasteiger partial charge is 0.153 e. The monoisotopic (exact) mass is 310 g/mol. The third kappa shape index (κ3) is 5.30. The summed E-state index contributed by atoms with van der Waals surface area (Å²) < 4.78 is 5.67. The number of ether oxygens (including phenoxy) is 1. The Labute approximate surface area is 131 Å². The third-order valence-electron chi connectivity index (χ3n) is 3.82. The van der Waals surface area contributed by atoms with Gasteiger partial charge in [-0.3, -0.25) is 4.79 Å². The lowest BCUT2D eigenvalue weighted by Gasteiger charge is -2.32. The molecule has 0 spiro atoms. The summed E-state index contributed by atoms with van der Waals surface area (Å²) in [6.07, 6.45) is 2.90. The fraction of sp³-hybridized carbons (Fsp3) is 0.562. The molecule has 1 saturated heterocycles. The minimum absolute atomic E-state index is 0.515. The molecule has 0 aliphatic carbocycles. The Morgan fingerprint density at radius 3 is 2.71 bits per heavy atom. The Balaban J connectivity index is 1.65. The zero-order valence-corrected chi connectivity index (χ0v) is 13.3. The average molecular weight is 311 g/mol. The van der Waals surface area contributed by atoms with Crippen LogP contribution in [0.4, 0.5) is 0 Å². The number of likely N-dealkylation sites (N-methyl/N-ethyl adjacent to an activating group) is 1. The van der Waals surface area contributed by atoms with Gasteiger partial charge in [0.1, 0.15) is 5.75 Å². The third-order valence-corrected chi connectivity index (χ3v) is 4.06. The number of unbranched alkanes of at least 4 members (excludes halogenated alkanes) is 1. The largest absolute Gasteiger partial charge is 0.493 e. The van der Waals surface area contributed by atoms with Crippen LogP contribution in [0.1, 0.15) is 23.2 Å². The lowest BCUT2D eigenvalue weighted by molar-refractivity contribution is 0.111. The van der Waals surface area contributed by atoms with Crippen LogP contribution in [-0.2, 0) is 0 Å². The van der Waals surface area contributed by atoms with Crippen molar-refractivity contribution >= 4 is 17.9 Å². The van der Waals surface area contributed by atoms with E-state index in [1.165, 1.54) is 0 Å². The summed E-state index contributed by atoms with van der Waals surface area (Å²) in [5.74, 6) is 0.619. The highest BCUT2D eigenvalue weighted by Gasteiger charge is 2.12. The SMILES string of the molecule is CN1CCN(CCCCOc2ccc(Cl)cc2C=O)CC1. The van der Waals surface area contributed by atoms with Gasteiger partial charge in [-0.25, -0.2) is 0 Å². The van der Waals surface area contributed by atoms with Crippen molar-refractivity contribution in [2.45, 2.75) is 12.8 Å². The van der Waals surface area contributed by atoms with Crippen LogP contribution >= 0.6 is 11.6 Å². The van der Waals surface area contributed by atoms with E-state index in [9.17, 15) is 4.79 Å². The number of piperazine rings is 1. The summed E-state index contributed by atoms with van der Waals surface area (Å²) in [5.41, 5.74) is 0.515. The predicted octanol–water partition coefficient (Wildman–Crippen LogP) is 2.56. The summed E-state index contributed by atoms with van der Waals surface area (Å²) in [5, 5.41) is 0.555. The van der Waals surface area contributed by atoms with E-state index in [2.05, 4.69) is 16.8 Å². The van der Waals surface area contributed by atoms with E-state index >= 15 is 0 Å². The molecule has 0 saturated carbocycles. The number of carbonyl (C=O) groups excluding carboxylic acids is 1. The van der Waals surface area contributed by atoms with Gasteiger partial charge < -0.3 is 14.5 Å². The molecule has 0 radical (unpaired) electrons. The van der Waals surface area contributed by atoms with E-state index in [1.807, 2.05) is 0 Å². The van der Waals surface area contributed by atoms with Crippen LogP contribution in [0.2, 0.25) is 5.02 Å². The van der Waals surface area contributed by atoms with Crippen LogP contribution < -0.4 is 4.74 Å². The first-order valence-corrected chi connectivity index (χ1v) is 7.85.